The van der Waals surface area contributed by atoms with Gasteiger partial charge in [0.25, 0.3) is 0 Å². The molecule has 0 aliphatic heterocycles. The van der Waals surface area contributed by atoms with E-state index in [0.717, 1.165) is 25.2 Å². The van der Waals surface area contributed by atoms with Crippen LogP contribution in [-0.2, 0) is 13.0 Å². The number of rotatable bonds is 5. The summed E-state index contributed by atoms with van der Waals surface area (Å²) in [7, 11) is 0. The SMILES string of the molecule is Cc1csc(CNCCc2sccc2C)n1. The van der Waals surface area contributed by atoms with E-state index in [1.165, 1.54) is 15.4 Å². The second-order valence-corrected chi connectivity index (χ2v) is 5.78. The van der Waals surface area contributed by atoms with Crippen molar-refractivity contribution < 1.29 is 0 Å². The van der Waals surface area contributed by atoms with Crippen LogP contribution in [0.3, 0.4) is 0 Å². The van der Waals surface area contributed by atoms with Crippen LogP contribution in [0.4, 0.5) is 0 Å². The Labute approximate surface area is 104 Å². The van der Waals surface area contributed by atoms with Crippen LogP contribution in [0.5, 0.6) is 0 Å². The fourth-order valence-corrected chi connectivity index (χ4v) is 3.19. The van der Waals surface area contributed by atoms with Gasteiger partial charge < -0.3 is 5.32 Å². The minimum atomic E-state index is 0.892. The Bertz CT molecular complexity index is 445. The highest BCUT2D eigenvalue weighted by Crippen LogP contribution is 2.15. The zero-order chi connectivity index (χ0) is 11.4. The van der Waals surface area contributed by atoms with Gasteiger partial charge in [-0.2, -0.15) is 0 Å². The highest BCUT2D eigenvalue weighted by Gasteiger charge is 2.00. The summed E-state index contributed by atoms with van der Waals surface area (Å²) < 4.78 is 0. The number of nitrogens with one attached hydrogen (secondary N) is 1. The lowest BCUT2D eigenvalue weighted by molar-refractivity contribution is 0.685. The van der Waals surface area contributed by atoms with E-state index < -0.39 is 0 Å². The number of thiazole rings is 1. The maximum absolute atomic E-state index is 4.42. The van der Waals surface area contributed by atoms with Crippen molar-refractivity contribution in [2.75, 3.05) is 6.54 Å². The van der Waals surface area contributed by atoms with Crippen LogP contribution in [0.25, 0.3) is 0 Å². The van der Waals surface area contributed by atoms with Crippen LogP contribution in [0.15, 0.2) is 16.8 Å². The van der Waals surface area contributed by atoms with Gasteiger partial charge >= 0.3 is 0 Å². The van der Waals surface area contributed by atoms with Gasteiger partial charge in [-0.15, -0.1) is 22.7 Å². The van der Waals surface area contributed by atoms with Crippen molar-refractivity contribution in [1.29, 1.82) is 0 Å². The predicted molar refractivity (Wildman–Crippen MR) is 71.3 cm³/mol. The van der Waals surface area contributed by atoms with Gasteiger partial charge in [0.05, 0.1) is 0 Å². The molecule has 0 saturated carbocycles. The van der Waals surface area contributed by atoms with Crippen molar-refractivity contribution in [3.05, 3.63) is 38.0 Å². The lowest BCUT2D eigenvalue weighted by Gasteiger charge is -2.01. The standard InChI is InChI=1S/C12H16N2S2/c1-9-4-6-15-11(9)3-5-13-7-12-14-10(2)8-16-12/h4,6,8,13H,3,5,7H2,1-2H3. The summed E-state index contributed by atoms with van der Waals surface area (Å²) in [5.74, 6) is 0. The molecule has 16 heavy (non-hydrogen) atoms. The highest BCUT2D eigenvalue weighted by molar-refractivity contribution is 7.10. The second kappa shape index (κ2) is 5.57. The molecule has 2 nitrogen and oxygen atoms in total. The molecular weight excluding hydrogens is 236 g/mol. The topological polar surface area (TPSA) is 24.9 Å². The molecule has 4 heteroatoms. The van der Waals surface area contributed by atoms with E-state index >= 15 is 0 Å². The van der Waals surface area contributed by atoms with Gasteiger partial charge in [0.2, 0.25) is 0 Å². The number of aryl methyl sites for hydroxylation is 2. The molecule has 0 saturated heterocycles. The number of hydrogen-bond acceptors (Lipinski definition) is 4. The molecule has 2 aromatic heterocycles. The molecule has 2 rings (SSSR count). The first-order valence-corrected chi connectivity index (χ1v) is 7.16. The van der Waals surface area contributed by atoms with Gasteiger partial charge in [-0.1, -0.05) is 0 Å². The summed E-state index contributed by atoms with van der Waals surface area (Å²) in [4.78, 5) is 5.91. The summed E-state index contributed by atoms with van der Waals surface area (Å²) in [6.45, 7) is 6.13. The zero-order valence-electron chi connectivity index (χ0n) is 9.62. The smallest absolute Gasteiger partial charge is 0.107 e. The molecule has 1 N–H and O–H groups in total. The van der Waals surface area contributed by atoms with Crippen LogP contribution in [0, 0.1) is 13.8 Å². The van der Waals surface area contributed by atoms with Gasteiger partial charge in [0, 0.05) is 29.0 Å². The summed E-state index contributed by atoms with van der Waals surface area (Å²) in [5, 5.41) is 8.88. The van der Waals surface area contributed by atoms with Gasteiger partial charge in [0.15, 0.2) is 0 Å². The Morgan fingerprint density at radius 3 is 2.81 bits per heavy atom. The average molecular weight is 252 g/mol. The average Bonchev–Trinajstić information content (AvgIpc) is 2.83. The largest absolute Gasteiger partial charge is 0.310 e. The van der Waals surface area contributed by atoms with Crippen LogP contribution in [0.2, 0.25) is 0 Å². The van der Waals surface area contributed by atoms with Crippen LogP contribution in [-0.4, -0.2) is 11.5 Å². The van der Waals surface area contributed by atoms with Gasteiger partial charge in [0.1, 0.15) is 5.01 Å². The Morgan fingerprint density at radius 1 is 1.31 bits per heavy atom. The summed E-state index contributed by atoms with van der Waals surface area (Å²) >= 11 is 3.58. The van der Waals surface area contributed by atoms with Crippen molar-refractivity contribution in [2.45, 2.75) is 26.8 Å². The normalized spacial score (nSPS) is 10.9. The Kier molecular flexibility index (Phi) is 4.09. The maximum atomic E-state index is 4.42. The van der Waals surface area contributed by atoms with E-state index in [1.54, 1.807) is 11.3 Å². The molecule has 0 amide bonds. The molecule has 0 aliphatic carbocycles. The van der Waals surface area contributed by atoms with Gasteiger partial charge in [-0.05, 0) is 37.3 Å². The molecule has 0 bridgehead atoms. The van der Waals surface area contributed by atoms with Crippen LogP contribution < -0.4 is 5.32 Å². The van der Waals surface area contributed by atoms with Crippen LogP contribution >= 0.6 is 22.7 Å². The van der Waals surface area contributed by atoms with E-state index in [-0.39, 0.29) is 0 Å². The quantitative estimate of drug-likeness (QED) is 0.827. The lowest BCUT2D eigenvalue weighted by Crippen LogP contribution is -2.16. The summed E-state index contributed by atoms with van der Waals surface area (Å²) in [6.07, 6.45) is 1.12. The van der Waals surface area contributed by atoms with E-state index in [1.807, 2.05) is 18.3 Å². The first-order valence-electron chi connectivity index (χ1n) is 5.40. The monoisotopic (exact) mass is 252 g/mol. The number of hydrogen-bond donors (Lipinski definition) is 1. The third kappa shape index (κ3) is 3.14. The van der Waals surface area contributed by atoms with Crippen molar-refractivity contribution >= 4 is 22.7 Å². The Hall–Kier alpha value is -0.710. The third-order valence-corrected chi connectivity index (χ3v) is 4.49. The molecule has 0 unspecified atom stereocenters. The predicted octanol–water partition coefficient (Wildman–Crippen LogP) is 3.15. The Balaban J connectivity index is 1.71. The molecule has 0 aliphatic rings. The maximum Gasteiger partial charge on any atom is 0.107 e. The summed E-state index contributed by atoms with van der Waals surface area (Å²) in [5.41, 5.74) is 2.53. The number of nitrogens with zero attached hydrogens (tertiary/aromatic N) is 1. The van der Waals surface area contributed by atoms with E-state index in [4.69, 9.17) is 0 Å². The number of thiophene rings is 1. The second-order valence-electron chi connectivity index (χ2n) is 3.84. The lowest BCUT2D eigenvalue weighted by atomic mass is 10.2. The van der Waals surface area contributed by atoms with Gasteiger partial charge in [-0.25, -0.2) is 4.98 Å². The fraction of sp³-hybridized carbons (Fsp3) is 0.417. The summed E-state index contributed by atoms with van der Waals surface area (Å²) in [6, 6.07) is 2.18. The third-order valence-electron chi connectivity index (χ3n) is 2.44. The van der Waals surface area contributed by atoms with Crippen molar-refractivity contribution in [3.8, 4) is 0 Å². The number of aromatic nitrogens is 1. The fourth-order valence-electron chi connectivity index (χ4n) is 1.54. The van der Waals surface area contributed by atoms with Crippen molar-refractivity contribution in [1.82, 2.24) is 10.3 Å². The van der Waals surface area contributed by atoms with E-state index in [2.05, 4.69) is 34.1 Å². The Morgan fingerprint density at radius 2 is 2.19 bits per heavy atom. The minimum Gasteiger partial charge on any atom is -0.310 e. The van der Waals surface area contributed by atoms with Crippen molar-refractivity contribution in [2.24, 2.45) is 0 Å². The molecule has 2 heterocycles. The molecule has 0 atom stereocenters. The van der Waals surface area contributed by atoms with E-state index in [0.29, 0.717) is 0 Å². The molecule has 0 spiro atoms. The molecule has 2 aromatic rings. The molecule has 0 fully saturated rings. The molecular formula is C12H16N2S2. The first-order chi connectivity index (χ1) is 7.75. The van der Waals surface area contributed by atoms with Gasteiger partial charge in [-0.3, -0.25) is 0 Å². The molecule has 0 aromatic carbocycles. The molecule has 86 valence electrons. The highest BCUT2D eigenvalue weighted by atomic mass is 32.1. The van der Waals surface area contributed by atoms with E-state index in [9.17, 15) is 0 Å². The van der Waals surface area contributed by atoms with Crippen LogP contribution in [0.1, 0.15) is 21.1 Å². The zero-order valence-corrected chi connectivity index (χ0v) is 11.3. The van der Waals surface area contributed by atoms with Crippen molar-refractivity contribution in [3.63, 3.8) is 0 Å². The minimum absolute atomic E-state index is 0.892. The molecule has 0 radical (unpaired) electrons. The first kappa shape index (κ1) is 11.8.